The summed E-state index contributed by atoms with van der Waals surface area (Å²) in [7, 11) is 0. The molecule has 20 heavy (non-hydrogen) atoms. The van der Waals surface area contributed by atoms with Crippen LogP contribution >= 0.6 is 11.6 Å². The molecule has 1 aliphatic rings. The van der Waals surface area contributed by atoms with E-state index in [2.05, 4.69) is 28.7 Å². The molecule has 1 aromatic heterocycles. The van der Waals surface area contributed by atoms with Gasteiger partial charge in [0.15, 0.2) is 0 Å². The van der Waals surface area contributed by atoms with Gasteiger partial charge in [0.05, 0.1) is 24.0 Å². The second-order valence-electron chi connectivity index (χ2n) is 5.35. The Hall–Kier alpha value is -1.39. The zero-order valence-electron chi connectivity index (χ0n) is 11.6. The molecule has 1 saturated heterocycles. The molecule has 4 nitrogen and oxygen atoms in total. The summed E-state index contributed by atoms with van der Waals surface area (Å²) in [6.07, 6.45) is 5.72. The number of hydrogen-bond acceptors (Lipinski definition) is 3. The fraction of sp³-hybridized carbons (Fsp3) is 0.467. The van der Waals surface area contributed by atoms with Crippen LogP contribution in [-0.2, 0) is 0 Å². The van der Waals surface area contributed by atoms with Crippen LogP contribution < -0.4 is 5.32 Å². The maximum Gasteiger partial charge on any atom is 0.0996 e. The van der Waals surface area contributed by atoms with Gasteiger partial charge in [0.1, 0.15) is 0 Å². The van der Waals surface area contributed by atoms with Gasteiger partial charge in [-0.3, -0.25) is 0 Å². The van der Waals surface area contributed by atoms with Gasteiger partial charge < -0.3 is 5.32 Å². The van der Waals surface area contributed by atoms with E-state index in [1.807, 2.05) is 28.9 Å². The minimum absolute atomic E-state index is 0.164. The Bertz CT molecular complexity index is 558. The predicted octanol–water partition coefficient (Wildman–Crippen LogP) is 3.36. The fourth-order valence-corrected chi connectivity index (χ4v) is 2.76. The van der Waals surface area contributed by atoms with E-state index < -0.39 is 0 Å². The first-order chi connectivity index (χ1) is 9.74. The Kier molecular flexibility index (Phi) is 4.03. The van der Waals surface area contributed by atoms with Gasteiger partial charge >= 0.3 is 0 Å². The van der Waals surface area contributed by atoms with Gasteiger partial charge in [0, 0.05) is 5.02 Å². The molecule has 0 aliphatic carbocycles. The van der Waals surface area contributed by atoms with E-state index in [9.17, 15) is 0 Å². The van der Waals surface area contributed by atoms with Crippen LogP contribution in [0.3, 0.4) is 0 Å². The summed E-state index contributed by atoms with van der Waals surface area (Å²) >= 11 is 5.92. The topological polar surface area (TPSA) is 42.7 Å². The minimum Gasteiger partial charge on any atom is -0.309 e. The van der Waals surface area contributed by atoms with Crippen molar-refractivity contribution < 1.29 is 0 Å². The highest BCUT2D eigenvalue weighted by Crippen LogP contribution is 2.23. The van der Waals surface area contributed by atoms with Crippen molar-refractivity contribution >= 4 is 11.6 Å². The van der Waals surface area contributed by atoms with Crippen LogP contribution in [0.25, 0.3) is 0 Å². The number of rotatable bonds is 3. The van der Waals surface area contributed by atoms with Gasteiger partial charge in [-0.15, -0.1) is 5.10 Å². The number of nitrogens with zero attached hydrogens (tertiary/aromatic N) is 3. The minimum atomic E-state index is 0.164. The van der Waals surface area contributed by atoms with E-state index >= 15 is 0 Å². The monoisotopic (exact) mass is 290 g/mol. The lowest BCUT2D eigenvalue weighted by molar-refractivity contribution is 0.405. The molecule has 1 aliphatic heterocycles. The second-order valence-corrected chi connectivity index (χ2v) is 5.79. The van der Waals surface area contributed by atoms with E-state index in [1.54, 1.807) is 0 Å². The van der Waals surface area contributed by atoms with Crippen LogP contribution in [0.4, 0.5) is 0 Å². The predicted molar refractivity (Wildman–Crippen MR) is 79.9 cm³/mol. The smallest absolute Gasteiger partial charge is 0.0996 e. The number of nitrogens with one attached hydrogen (secondary N) is 1. The van der Waals surface area contributed by atoms with Crippen LogP contribution in [0.2, 0.25) is 5.02 Å². The molecule has 2 aromatic rings. The van der Waals surface area contributed by atoms with Crippen LogP contribution in [0.1, 0.15) is 49.5 Å². The van der Waals surface area contributed by atoms with Crippen molar-refractivity contribution in [3.8, 4) is 0 Å². The summed E-state index contributed by atoms with van der Waals surface area (Å²) in [6, 6.07) is 8.41. The number of halogens is 1. The summed E-state index contributed by atoms with van der Waals surface area (Å²) in [5.41, 5.74) is 2.23. The molecule has 5 heteroatoms. The van der Waals surface area contributed by atoms with E-state index in [1.165, 1.54) is 18.4 Å². The molecule has 2 atom stereocenters. The third kappa shape index (κ3) is 2.86. The van der Waals surface area contributed by atoms with Crippen molar-refractivity contribution in [1.82, 2.24) is 20.3 Å². The van der Waals surface area contributed by atoms with Crippen molar-refractivity contribution in [3.63, 3.8) is 0 Å². The van der Waals surface area contributed by atoms with Crippen LogP contribution in [0.5, 0.6) is 0 Å². The van der Waals surface area contributed by atoms with Gasteiger partial charge in [0.25, 0.3) is 0 Å². The SMILES string of the molecule is C[C@H](c1ccc(Cl)cc1)n1cc(C2CCCCN2)nn1. The van der Waals surface area contributed by atoms with Crippen molar-refractivity contribution in [3.05, 3.63) is 46.7 Å². The van der Waals surface area contributed by atoms with Crippen molar-refractivity contribution in [2.45, 2.75) is 38.3 Å². The first kappa shape index (κ1) is 13.6. The number of aromatic nitrogens is 3. The fourth-order valence-electron chi connectivity index (χ4n) is 2.64. The number of benzene rings is 1. The first-order valence-electron chi connectivity index (χ1n) is 7.14. The van der Waals surface area contributed by atoms with E-state index in [0.717, 1.165) is 23.7 Å². The summed E-state index contributed by atoms with van der Waals surface area (Å²) in [5, 5.41) is 12.9. The van der Waals surface area contributed by atoms with Gasteiger partial charge in [0.2, 0.25) is 0 Å². The standard InChI is InChI=1S/C15H19ClN4/c1-11(12-5-7-13(16)8-6-12)20-10-15(18-19-20)14-4-2-3-9-17-14/h5-8,10-11,14,17H,2-4,9H2,1H3/t11-,14?/m1/s1. The molecule has 1 N–H and O–H groups in total. The molecule has 106 valence electrons. The van der Waals surface area contributed by atoms with Crippen LogP contribution in [-0.4, -0.2) is 21.5 Å². The molecule has 0 spiro atoms. The molecule has 0 amide bonds. The highest BCUT2D eigenvalue weighted by atomic mass is 35.5. The molecule has 3 rings (SSSR count). The molecule has 2 heterocycles. The van der Waals surface area contributed by atoms with Crippen molar-refractivity contribution in [1.29, 1.82) is 0 Å². The van der Waals surface area contributed by atoms with Crippen LogP contribution in [0.15, 0.2) is 30.5 Å². The lowest BCUT2D eigenvalue weighted by Gasteiger charge is -2.21. The number of hydrogen-bond donors (Lipinski definition) is 1. The Morgan fingerprint density at radius 3 is 2.80 bits per heavy atom. The average Bonchev–Trinajstić information content (AvgIpc) is 2.98. The molecule has 0 bridgehead atoms. The average molecular weight is 291 g/mol. The normalized spacial score (nSPS) is 20.8. The Morgan fingerprint density at radius 1 is 1.30 bits per heavy atom. The van der Waals surface area contributed by atoms with E-state index in [0.29, 0.717) is 6.04 Å². The van der Waals surface area contributed by atoms with Crippen LogP contribution in [0, 0.1) is 0 Å². The first-order valence-corrected chi connectivity index (χ1v) is 7.52. The molecule has 1 unspecified atom stereocenters. The second kappa shape index (κ2) is 5.94. The van der Waals surface area contributed by atoms with Gasteiger partial charge in [-0.05, 0) is 44.0 Å². The molecule has 0 radical (unpaired) electrons. The lowest BCUT2D eigenvalue weighted by atomic mass is 10.0. The molecular weight excluding hydrogens is 272 g/mol. The van der Waals surface area contributed by atoms with E-state index in [-0.39, 0.29) is 6.04 Å². The Balaban J connectivity index is 1.76. The number of piperidine rings is 1. The third-order valence-electron chi connectivity index (χ3n) is 3.94. The summed E-state index contributed by atoms with van der Waals surface area (Å²) < 4.78 is 1.93. The highest BCUT2D eigenvalue weighted by Gasteiger charge is 2.19. The molecular formula is C15H19ClN4. The van der Waals surface area contributed by atoms with Gasteiger partial charge in [-0.2, -0.15) is 0 Å². The molecule has 1 fully saturated rings. The zero-order chi connectivity index (χ0) is 13.9. The van der Waals surface area contributed by atoms with Crippen molar-refractivity contribution in [2.24, 2.45) is 0 Å². The summed E-state index contributed by atoms with van der Waals surface area (Å²) in [6.45, 7) is 3.19. The summed E-state index contributed by atoms with van der Waals surface area (Å²) in [5.74, 6) is 0. The van der Waals surface area contributed by atoms with Crippen molar-refractivity contribution in [2.75, 3.05) is 6.54 Å². The maximum absolute atomic E-state index is 5.92. The molecule has 0 saturated carbocycles. The Morgan fingerprint density at radius 2 is 2.10 bits per heavy atom. The quantitative estimate of drug-likeness (QED) is 0.942. The van der Waals surface area contributed by atoms with Gasteiger partial charge in [-0.25, -0.2) is 4.68 Å². The third-order valence-corrected chi connectivity index (χ3v) is 4.20. The largest absolute Gasteiger partial charge is 0.309 e. The zero-order valence-corrected chi connectivity index (χ0v) is 12.3. The maximum atomic E-state index is 5.92. The molecule has 1 aromatic carbocycles. The Labute approximate surface area is 124 Å². The lowest BCUT2D eigenvalue weighted by Crippen LogP contribution is -2.27. The van der Waals surface area contributed by atoms with Gasteiger partial charge in [-0.1, -0.05) is 35.4 Å². The summed E-state index contributed by atoms with van der Waals surface area (Å²) in [4.78, 5) is 0. The van der Waals surface area contributed by atoms with E-state index in [4.69, 9.17) is 11.6 Å². The highest BCUT2D eigenvalue weighted by molar-refractivity contribution is 6.30.